The maximum atomic E-state index is 10.8. The molecular weight excluding hydrogens is 280 g/mol. The zero-order valence-corrected chi connectivity index (χ0v) is 9.75. The quantitative estimate of drug-likeness (QED) is 0.649. The highest BCUT2D eigenvalue weighted by Crippen LogP contribution is 2.23. The number of hydrogen-bond acceptors (Lipinski definition) is 4. The maximum absolute atomic E-state index is 10.8. The van der Waals surface area contributed by atoms with Crippen LogP contribution in [-0.4, -0.2) is 39.1 Å². The van der Waals surface area contributed by atoms with Crippen molar-refractivity contribution in [1.29, 1.82) is 0 Å². The zero-order valence-electron chi connectivity index (χ0n) is 8.17. The molecule has 5 nitrogen and oxygen atoms in total. The lowest BCUT2D eigenvalue weighted by molar-refractivity contribution is -0.0153. The molecule has 88 valence electrons. The van der Waals surface area contributed by atoms with E-state index in [1.807, 2.05) is 0 Å². The van der Waals surface area contributed by atoms with E-state index < -0.39 is 24.8 Å². The molecule has 0 spiro atoms. The molecule has 16 heavy (non-hydrogen) atoms. The molecule has 4 N–H and O–H groups in total. The fraction of sp³-hybridized carbons (Fsp3) is 0.300. The van der Waals surface area contributed by atoms with Gasteiger partial charge in [-0.05, 0) is 33.6 Å². The van der Waals surface area contributed by atoms with E-state index in [0.717, 1.165) is 0 Å². The van der Waals surface area contributed by atoms with Crippen molar-refractivity contribution in [2.45, 2.75) is 12.2 Å². The van der Waals surface area contributed by atoms with Gasteiger partial charge in [-0.2, -0.15) is 0 Å². The number of aliphatic hydroxyl groups excluding tert-OH is 3. The fourth-order valence-corrected chi connectivity index (χ4v) is 1.63. The van der Waals surface area contributed by atoms with Crippen LogP contribution in [0.2, 0.25) is 0 Å². The second-order valence-electron chi connectivity index (χ2n) is 3.24. The van der Waals surface area contributed by atoms with Gasteiger partial charge in [-0.25, -0.2) is 4.79 Å². The third-order valence-corrected chi connectivity index (χ3v) is 2.81. The molecule has 0 heterocycles. The highest BCUT2D eigenvalue weighted by Gasteiger charge is 2.19. The van der Waals surface area contributed by atoms with E-state index in [0.29, 0.717) is 4.47 Å². The Morgan fingerprint density at radius 3 is 2.50 bits per heavy atom. The second kappa shape index (κ2) is 5.40. The molecule has 0 radical (unpaired) electrons. The topological polar surface area (TPSA) is 98.0 Å². The van der Waals surface area contributed by atoms with Crippen molar-refractivity contribution >= 4 is 21.9 Å². The van der Waals surface area contributed by atoms with Crippen LogP contribution in [-0.2, 0) is 0 Å². The van der Waals surface area contributed by atoms with E-state index in [4.69, 9.17) is 10.2 Å². The third kappa shape index (κ3) is 2.79. The van der Waals surface area contributed by atoms with Crippen LogP contribution in [0.5, 0.6) is 0 Å². The monoisotopic (exact) mass is 290 g/mol. The number of aliphatic hydroxyl groups is 3. The molecule has 6 heteroatoms. The highest BCUT2D eigenvalue weighted by atomic mass is 79.9. The maximum Gasteiger partial charge on any atom is 0.336 e. The van der Waals surface area contributed by atoms with Crippen molar-refractivity contribution in [1.82, 2.24) is 0 Å². The van der Waals surface area contributed by atoms with Gasteiger partial charge < -0.3 is 20.4 Å². The SMILES string of the molecule is O=C(O)c1cc(C(O)C(O)CO)ccc1Br. The van der Waals surface area contributed by atoms with Crippen molar-refractivity contribution in [2.24, 2.45) is 0 Å². The average molecular weight is 291 g/mol. The highest BCUT2D eigenvalue weighted by molar-refractivity contribution is 9.10. The standard InChI is InChI=1S/C10H11BrO5/c11-7-2-1-5(3-6(7)10(15)16)9(14)8(13)4-12/h1-3,8-9,12-14H,4H2,(H,15,16). The van der Waals surface area contributed by atoms with Crippen molar-refractivity contribution in [3.8, 4) is 0 Å². The van der Waals surface area contributed by atoms with E-state index >= 15 is 0 Å². The minimum absolute atomic E-state index is 0.0123. The lowest BCUT2D eigenvalue weighted by atomic mass is 10.0. The molecule has 1 rings (SSSR count). The molecule has 0 aromatic heterocycles. The summed E-state index contributed by atoms with van der Waals surface area (Å²) in [5.41, 5.74) is 0.226. The summed E-state index contributed by atoms with van der Waals surface area (Å²) in [6, 6.07) is 4.18. The van der Waals surface area contributed by atoms with E-state index in [1.165, 1.54) is 18.2 Å². The number of carboxylic acids is 1. The van der Waals surface area contributed by atoms with Crippen molar-refractivity contribution in [3.63, 3.8) is 0 Å². The predicted octanol–water partition coefficient (Wildman–Crippen LogP) is 0.534. The van der Waals surface area contributed by atoms with Crippen LogP contribution in [0.4, 0.5) is 0 Å². The lowest BCUT2D eigenvalue weighted by Crippen LogP contribution is -2.22. The summed E-state index contributed by atoms with van der Waals surface area (Å²) in [6.07, 6.45) is -2.64. The summed E-state index contributed by atoms with van der Waals surface area (Å²) < 4.78 is 0.384. The molecule has 0 amide bonds. The number of carbonyl (C=O) groups is 1. The third-order valence-electron chi connectivity index (χ3n) is 2.11. The van der Waals surface area contributed by atoms with Crippen LogP contribution in [0, 0.1) is 0 Å². The van der Waals surface area contributed by atoms with Gasteiger partial charge in [0.2, 0.25) is 0 Å². The van der Waals surface area contributed by atoms with Gasteiger partial charge >= 0.3 is 5.97 Å². The first-order valence-electron chi connectivity index (χ1n) is 4.47. The van der Waals surface area contributed by atoms with Gasteiger partial charge in [0, 0.05) is 4.47 Å². The van der Waals surface area contributed by atoms with Gasteiger partial charge in [-0.15, -0.1) is 0 Å². The molecule has 0 aliphatic carbocycles. The van der Waals surface area contributed by atoms with Gasteiger partial charge in [0.25, 0.3) is 0 Å². The molecule has 0 saturated carbocycles. The minimum atomic E-state index is -1.33. The van der Waals surface area contributed by atoms with Crippen LogP contribution in [0.15, 0.2) is 22.7 Å². The Kier molecular flexibility index (Phi) is 4.43. The van der Waals surface area contributed by atoms with Gasteiger partial charge in [0.1, 0.15) is 12.2 Å². The smallest absolute Gasteiger partial charge is 0.336 e. The fourth-order valence-electron chi connectivity index (χ4n) is 1.21. The van der Waals surface area contributed by atoms with Gasteiger partial charge in [0.05, 0.1) is 12.2 Å². The Balaban J connectivity index is 3.07. The van der Waals surface area contributed by atoms with Gasteiger partial charge in [0.15, 0.2) is 0 Å². The van der Waals surface area contributed by atoms with Gasteiger partial charge in [-0.3, -0.25) is 0 Å². The second-order valence-corrected chi connectivity index (χ2v) is 4.09. The molecule has 0 bridgehead atoms. The number of benzene rings is 1. The molecule has 0 aliphatic rings. The average Bonchev–Trinajstić information content (AvgIpc) is 2.27. The van der Waals surface area contributed by atoms with Crippen LogP contribution < -0.4 is 0 Å². The largest absolute Gasteiger partial charge is 0.478 e. The molecule has 1 aromatic rings. The predicted molar refractivity (Wildman–Crippen MR) is 59.2 cm³/mol. The van der Waals surface area contributed by atoms with Crippen LogP contribution >= 0.6 is 15.9 Å². The molecule has 0 aliphatic heterocycles. The minimum Gasteiger partial charge on any atom is -0.478 e. The van der Waals surface area contributed by atoms with E-state index in [-0.39, 0.29) is 11.1 Å². The first-order valence-corrected chi connectivity index (χ1v) is 5.26. The van der Waals surface area contributed by atoms with E-state index in [9.17, 15) is 15.0 Å². The molecule has 1 aromatic carbocycles. The lowest BCUT2D eigenvalue weighted by Gasteiger charge is -2.16. The zero-order chi connectivity index (χ0) is 12.3. The van der Waals surface area contributed by atoms with Crippen molar-refractivity contribution < 1.29 is 25.2 Å². The van der Waals surface area contributed by atoms with Crippen LogP contribution in [0.3, 0.4) is 0 Å². The number of hydrogen-bond donors (Lipinski definition) is 4. The molecular formula is C10H11BrO5. The van der Waals surface area contributed by atoms with E-state index in [2.05, 4.69) is 15.9 Å². The summed E-state index contributed by atoms with van der Waals surface area (Å²) in [7, 11) is 0. The summed E-state index contributed by atoms with van der Waals surface area (Å²) in [4.78, 5) is 10.8. The Hall–Kier alpha value is -0.950. The first kappa shape index (κ1) is 13.1. The Bertz CT molecular complexity index is 393. The molecule has 0 fully saturated rings. The Labute approximate surface area is 100 Å². The van der Waals surface area contributed by atoms with Crippen LogP contribution in [0.1, 0.15) is 22.0 Å². The first-order chi connectivity index (χ1) is 7.47. The number of carboxylic acid groups (broad SMARTS) is 1. The summed E-state index contributed by atoms with van der Waals surface area (Å²) >= 11 is 3.06. The Morgan fingerprint density at radius 1 is 1.38 bits per heavy atom. The number of rotatable bonds is 4. The molecule has 0 saturated heterocycles. The Morgan fingerprint density at radius 2 is 2.00 bits per heavy atom. The van der Waals surface area contributed by atoms with Crippen molar-refractivity contribution in [2.75, 3.05) is 6.61 Å². The summed E-state index contributed by atoms with van der Waals surface area (Å²) in [6.45, 7) is -0.598. The summed E-state index contributed by atoms with van der Waals surface area (Å²) in [5.74, 6) is -1.14. The van der Waals surface area contributed by atoms with Crippen molar-refractivity contribution in [3.05, 3.63) is 33.8 Å². The summed E-state index contributed by atoms with van der Waals surface area (Å²) in [5, 5.41) is 36.3. The molecule has 2 atom stereocenters. The van der Waals surface area contributed by atoms with Gasteiger partial charge in [-0.1, -0.05) is 6.07 Å². The normalized spacial score (nSPS) is 14.5. The number of halogens is 1. The molecule has 2 unspecified atom stereocenters. The van der Waals surface area contributed by atoms with E-state index in [1.54, 1.807) is 0 Å². The van der Waals surface area contributed by atoms with Crippen LogP contribution in [0.25, 0.3) is 0 Å². The number of aromatic carboxylic acids is 1.